The first kappa shape index (κ1) is 14.9. The minimum Gasteiger partial charge on any atom is -0.506 e. The van der Waals surface area contributed by atoms with Gasteiger partial charge in [0, 0.05) is 11.8 Å². The molecule has 0 aromatic heterocycles. The van der Waals surface area contributed by atoms with Crippen molar-refractivity contribution in [1.29, 1.82) is 0 Å². The maximum absolute atomic E-state index is 9.94. The Morgan fingerprint density at radius 3 is 2.45 bits per heavy atom. The van der Waals surface area contributed by atoms with Crippen molar-refractivity contribution in [3.8, 4) is 17.2 Å². The van der Waals surface area contributed by atoms with Gasteiger partial charge in [-0.2, -0.15) is 0 Å². The van der Waals surface area contributed by atoms with Gasteiger partial charge >= 0.3 is 0 Å². The molecule has 0 saturated heterocycles. The van der Waals surface area contributed by atoms with Gasteiger partial charge in [0.15, 0.2) is 0 Å². The maximum Gasteiger partial charge on any atom is 0.147 e. The average Bonchev–Trinajstić information content (AvgIpc) is 2.41. The van der Waals surface area contributed by atoms with E-state index in [0.29, 0.717) is 15.7 Å². The number of benzene rings is 2. The van der Waals surface area contributed by atoms with Crippen molar-refractivity contribution < 1.29 is 15.3 Å². The third kappa shape index (κ3) is 2.81. The van der Waals surface area contributed by atoms with Gasteiger partial charge in [-0.1, -0.05) is 12.1 Å². The van der Waals surface area contributed by atoms with Crippen LogP contribution in [-0.4, -0.2) is 21.5 Å². The van der Waals surface area contributed by atoms with Crippen LogP contribution in [0.5, 0.6) is 17.2 Å². The van der Waals surface area contributed by atoms with Crippen molar-refractivity contribution in [3.63, 3.8) is 0 Å². The Morgan fingerprint density at radius 1 is 1.10 bits per heavy atom. The number of para-hydroxylation sites is 1. The number of halogens is 2. The highest BCUT2D eigenvalue weighted by Gasteiger charge is 2.13. The molecule has 0 saturated carbocycles. The lowest BCUT2D eigenvalue weighted by Gasteiger charge is -2.07. The van der Waals surface area contributed by atoms with Crippen LogP contribution in [0, 0.1) is 6.92 Å². The molecule has 2 aromatic carbocycles. The topological polar surface area (TPSA) is 73.1 Å². The molecule has 0 unspecified atom stereocenters. The molecule has 2 aromatic rings. The molecule has 0 spiro atoms. The van der Waals surface area contributed by atoms with Crippen LogP contribution in [0.1, 0.15) is 11.1 Å². The summed E-state index contributed by atoms with van der Waals surface area (Å²) in [6.45, 7) is 1.83. The Balaban J connectivity index is 2.48. The lowest BCUT2D eigenvalue weighted by Crippen LogP contribution is -1.86. The first-order valence-corrected chi connectivity index (χ1v) is 7.23. The number of rotatable bonds is 2. The van der Waals surface area contributed by atoms with Crippen LogP contribution in [0.3, 0.4) is 0 Å². The van der Waals surface area contributed by atoms with E-state index in [1.807, 2.05) is 13.0 Å². The molecule has 4 nitrogen and oxygen atoms in total. The van der Waals surface area contributed by atoms with E-state index in [9.17, 15) is 15.3 Å². The Bertz CT molecular complexity index is 679. The summed E-state index contributed by atoms with van der Waals surface area (Å²) >= 11 is 6.28. The molecule has 6 heteroatoms. The molecule has 0 heterocycles. The Kier molecular flexibility index (Phi) is 4.35. The number of hydrogen-bond acceptors (Lipinski definition) is 4. The summed E-state index contributed by atoms with van der Waals surface area (Å²) in [6, 6.07) is 6.64. The molecule has 104 valence electrons. The van der Waals surface area contributed by atoms with E-state index in [0.717, 1.165) is 5.56 Å². The van der Waals surface area contributed by atoms with Gasteiger partial charge in [0.25, 0.3) is 0 Å². The first-order valence-electron chi connectivity index (χ1n) is 5.64. The molecule has 2 rings (SSSR count). The van der Waals surface area contributed by atoms with Gasteiger partial charge in [-0.05, 0) is 56.5 Å². The predicted octanol–water partition coefficient (Wildman–Crippen LogP) is 4.39. The van der Waals surface area contributed by atoms with Crippen LogP contribution in [0.15, 0.2) is 38.2 Å². The fraction of sp³-hybridized carbons (Fsp3) is 0.0714. The lowest BCUT2D eigenvalue weighted by molar-refractivity contribution is 0.441. The molecule has 3 N–H and O–H groups in total. The van der Waals surface area contributed by atoms with Gasteiger partial charge in [-0.25, -0.2) is 0 Å². The summed E-state index contributed by atoms with van der Waals surface area (Å²) in [6.07, 6.45) is 1.42. The number of phenolic OH excluding ortho intramolecular Hbond substituents is 3. The van der Waals surface area contributed by atoms with Crippen LogP contribution in [0.4, 0.5) is 5.69 Å². The second kappa shape index (κ2) is 5.85. The zero-order valence-corrected chi connectivity index (χ0v) is 13.6. The molecule has 0 radical (unpaired) electrons. The summed E-state index contributed by atoms with van der Waals surface area (Å²) in [5.41, 5.74) is 1.66. The highest BCUT2D eigenvalue weighted by atomic mass is 79.9. The molecule has 0 fully saturated rings. The minimum absolute atomic E-state index is 0.0673. The third-order valence-electron chi connectivity index (χ3n) is 2.75. The van der Waals surface area contributed by atoms with E-state index >= 15 is 0 Å². The molecule has 0 aliphatic heterocycles. The quantitative estimate of drug-likeness (QED) is 0.654. The highest BCUT2D eigenvalue weighted by molar-refractivity contribution is 9.11. The minimum atomic E-state index is -0.123. The van der Waals surface area contributed by atoms with Crippen molar-refractivity contribution in [2.45, 2.75) is 6.92 Å². The van der Waals surface area contributed by atoms with Crippen molar-refractivity contribution in [3.05, 3.63) is 44.3 Å². The van der Waals surface area contributed by atoms with Crippen molar-refractivity contribution in [1.82, 2.24) is 0 Å². The SMILES string of the molecule is Cc1cccc(O)c1N=Cc1cc(Br)c(O)c(Br)c1O. The molecule has 0 atom stereocenters. The van der Waals surface area contributed by atoms with Gasteiger partial charge < -0.3 is 15.3 Å². The summed E-state index contributed by atoms with van der Waals surface area (Å²) < 4.78 is 0.611. The largest absolute Gasteiger partial charge is 0.506 e. The Labute approximate surface area is 132 Å². The molecular formula is C14H11Br2NO3. The van der Waals surface area contributed by atoms with E-state index in [2.05, 4.69) is 36.9 Å². The third-order valence-corrected chi connectivity index (χ3v) is 4.10. The predicted molar refractivity (Wildman–Crippen MR) is 85.3 cm³/mol. The van der Waals surface area contributed by atoms with E-state index < -0.39 is 0 Å². The molecule has 0 bridgehead atoms. The molecular weight excluding hydrogens is 390 g/mol. The van der Waals surface area contributed by atoms with Crippen molar-refractivity contribution >= 4 is 43.8 Å². The van der Waals surface area contributed by atoms with Gasteiger partial charge in [-0.15, -0.1) is 0 Å². The first-order chi connectivity index (χ1) is 9.41. The van der Waals surface area contributed by atoms with E-state index in [4.69, 9.17) is 0 Å². The summed E-state index contributed by atoms with van der Waals surface area (Å²) in [4.78, 5) is 4.19. The number of aliphatic imine (C=N–C) groups is 1. The zero-order valence-electron chi connectivity index (χ0n) is 10.4. The second-order valence-electron chi connectivity index (χ2n) is 4.16. The van der Waals surface area contributed by atoms with E-state index in [1.165, 1.54) is 12.3 Å². The molecule has 0 amide bonds. The smallest absolute Gasteiger partial charge is 0.147 e. The molecule has 0 aliphatic rings. The van der Waals surface area contributed by atoms with Gasteiger partial charge in [-0.3, -0.25) is 4.99 Å². The van der Waals surface area contributed by atoms with Gasteiger partial charge in [0.1, 0.15) is 27.4 Å². The normalized spacial score (nSPS) is 11.2. The van der Waals surface area contributed by atoms with Crippen LogP contribution in [0.25, 0.3) is 0 Å². The standard InChI is InChI=1S/C14H11Br2NO3/c1-7-3-2-4-10(18)12(7)17-6-8-5-9(15)14(20)11(16)13(8)19/h2-6,18-20H,1H3. The summed E-state index contributed by atoms with van der Waals surface area (Å²) in [5.74, 6) is -0.140. The second-order valence-corrected chi connectivity index (χ2v) is 5.81. The van der Waals surface area contributed by atoms with Crippen LogP contribution in [0.2, 0.25) is 0 Å². The fourth-order valence-electron chi connectivity index (χ4n) is 1.66. The van der Waals surface area contributed by atoms with Crippen LogP contribution in [-0.2, 0) is 0 Å². The van der Waals surface area contributed by atoms with E-state index in [-0.39, 0.29) is 21.7 Å². The fourth-order valence-corrected chi connectivity index (χ4v) is 2.81. The van der Waals surface area contributed by atoms with Crippen LogP contribution >= 0.6 is 31.9 Å². The number of nitrogens with zero attached hydrogens (tertiary/aromatic N) is 1. The maximum atomic E-state index is 9.94. The van der Waals surface area contributed by atoms with E-state index in [1.54, 1.807) is 12.1 Å². The summed E-state index contributed by atoms with van der Waals surface area (Å²) in [5, 5.41) is 29.3. The number of aromatic hydroxyl groups is 3. The number of phenols is 3. The zero-order chi connectivity index (χ0) is 14.9. The molecule has 20 heavy (non-hydrogen) atoms. The highest BCUT2D eigenvalue weighted by Crippen LogP contribution is 2.41. The Morgan fingerprint density at radius 2 is 1.80 bits per heavy atom. The Hall–Kier alpha value is -1.53. The molecule has 0 aliphatic carbocycles. The number of hydrogen-bond donors (Lipinski definition) is 3. The van der Waals surface area contributed by atoms with Crippen LogP contribution < -0.4 is 0 Å². The van der Waals surface area contributed by atoms with Crippen molar-refractivity contribution in [2.75, 3.05) is 0 Å². The monoisotopic (exact) mass is 399 g/mol. The number of aryl methyl sites for hydroxylation is 1. The van der Waals surface area contributed by atoms with Gasteiger partial charge in [0.05, 0.1) is 4.47 Å². The summed E-state index contributed by atoms with van der Waals surface area (Å²) in [7, 11) is 0. The van der Waals surface area contributed by atoms with Gasteiger partial charge in [0.2, 0.25) is 0 Å². The lowest BCUT2D eigenvalue weighted by atomic mass is 10.2. The van der Waals surface area contributed by atoms with Crippen molar-refractivity contribution in [2.24, 2.45) is 4.99 Å². The average molecular weight is 401 g/mol.